The molecule has 3 heterocycles. The molecule has 3 atom stereocenters. The third kappa shape index (κ3) is 6.48. The number of piperidine rings is 1. The van der Waals surface area contributed by atoms with Crippen molar-refractivity contribution in [3.8, 4) is 11.3 Å². The molecule has 0 saturated carbocycles. The van der Waals surface area contributed by atoms with E-state index in [1.165, 1.54) is 36.4 Å². The van der Waals surface area contributed by atoms with Gasteiger partial charge in [0.05, 0.1) is 28.8 Å². The first kappa shape index (κ1) is 26.9. The first-order chi connectivity index (χ1) is 18.7. The monoisotopic (exact) mass is 554 g/mol. The Balaban J connectivity index is 1.36. The molecule has 1 aliphatic rings. The van der Waals surface area contributed by atoms with E-state index < -0.39 is 27.5 Å². The summed E-state index contributed by atoms with van der Waals surface area (Å²) in [4.78, 5) is 13.7. The molecular weight excluding hydrogens is 525 g/mol. The van der Waals surface area contributed by atoms with Gasteiger partial charge in [0.1, 0.15) is 23.3 Å². The number of anilines is 2. The Morgan fingerprint density at radius 3 is 2.62 bits per heavy atom. The van der Waals surface area contributed by atoms with Crippen molar-refractivity contribution < 1.29 is 17.4 Å². The molecule has 11 heteroatoms. The molecule has 2 aromatic heterocycles. The smallest absolute Gasteiger partial charge is 0.223 e. The molecular formula is C28H29F3N6OS. The Bertz CT molecular complexity index is 1600. The molecule has 204 valence electrons. The van der Waals surface area contributed by atoms with Crippen LogP contribution in [0.5, 0.6) is 0 Å². The van der Waals surface area contributed by atoms with Crippen LogP contribution in [0.4, 0.5) is 24.8 Å². The van der Waals surface area contributed by atoms with Gasteiger partial charge in [0.2, 0.25) is 5.95 Å². The number of aromatic nitrogens is 3. The highest BCUT2D eigenvalue weighted by atomic mass is 32.2. The number of hydrogen-bond acceptors (Lipinski definition) is 6. The molecule has 1 unspecified atom stereocenters. The van der Waals surface area contributed by atoms with Crippen molar-refractivity contribution in [1.82, 2.24) is 20.3 Å². The number of aryl methyl sites for hydroxylation is 1. The van der Waals surface area contributed by atoms with Crippen LogP contribution in [-0.4, -0.2) is 50.3 Å². The van der Waals surface area contributed by atoms with Gasteiger partial charge in [-0.3, -0.25) is 0 Å². The van der Waals surface area contributed by atoms with E-state index in [-0.39, 0.29) is 17.5 Å². The molecule has 0 amide bonds. The Kier molecular flexibility index (Phi) is 7.72. The molecule has 0 spiro atoms. The van der Waals surface area contributed by atoms with Gasteiger partial charge in [0.15, 0.2) is 0 Å². The van der Waals surface area contributed by atoms with E-state index in [1.807, 2.05) is 13.0 Å². The summed E-state index contributed by atoms with van der Waals surface area (Å²) in [6.45, 7) is 2.97. The molecule has 0 aliphatic carbocycles. The van der Waals surface area contributed by atoms with Gasteiger partial charge in [-0.25, -0.2) is 32.3 Å². The van der Waals surface area contributed by atoms with Gasteiger partial charge in [-0.15, -0.1) is 0 Å². The van der Waals surface area contributed by atoms with Crippen LogP contribution in [0, 0.1) is 11.6 Å². The number of alkyl halides is 1. The number of benzene rings is 2. The predicted molar refractivity (Wildman–Crippen MR) is 151 cm³/mol. The van der Waals surface area contributed by atoms with Crippen LogP contribution in [0.15, 0.2) is 54.7 Å². The van der Waals surface area contributed by atoms with E-state index in [0.717, 1.165) is 5.56 Å². The molecule has 39 heavy (non-hydrogen) atoms. The van der Waals surface area contributed by atoms with Crippen LogP contribution < -0.4 is 15.4 Å². The Hall–Kier alpha value is -3.70. The van der Waals surface area contributed by atoms with Crippen molar-refractivity contribution in [1.29, 1.82) is 0 Å². The van der Waals surface area contributed by atoms with Crippen LogP contribution in [-0.2, 0) is 21.9 Å². The molecule has 1 fully saturated rings. The van der Waals surface area contributed by atoms with Crippen molar-refractivity contribution >= 4 is 38.2 Å². The van der Waals surface area contributed by atoms with Gasteiger partial charge in [-0.05, 0) is 53.7 Å². The van der Waals surface area contributed by atoms with Gasteiger partial charge in [-0.1, -0.05) is 25.1 Å². The second-order valence-corrected chi connectivity index (χ2v) is 11.8. The number of hydrogen-bond donors (Lipinski definition) is 3. The lowest BCUT2D eigenvalue weighted by Crippen LogP contribution is -2.44. The van der Waals surface area contributed by atoms with Crippen LogP contribution >= 0.6 is 0 Å². The molecule has 4 aromatic rings. The normalized spacial score (nSPS) is 19.0. The summed E-state index contributed by atoms with van der Waals surface area (Å²) in [6, 6.07) is 11.9. The molecule has 7 nitrogen and oxygen atoms in total. The largest absolute Gasteiger partial charge is 0.350 e. The van der Waals surface area contributed by atoms with E-state index in [0.29, 0.717) is 59.7 Å². The minimum absolute atomic E-state index is 0.0169. The van der Waals surface area contributed by atoms with E-state index >= 15 is 4.39 Å². The van der Waals surface area contributed by atoms with Crippen molar-refractivity contribution in [2.24, 2.45) is 0 Å². The van der Waals surface area contributed by atoms with Gasteiger partial charge in [0.25, 0.3) is 0 Å². The lowest BCUT2D eigenvalue weighted by molar-refractivity contribution is 0.254. The average molecular weight is 555 g/mol. The zero-order valence-corrected chi connectivity index (χ0v) is 22.2. The highest BCUT2D eigenvalue weighted by Crippen LogP contribution is 2.28. The second-order valence-electron chi connectivity index (χ2n) is 9.66. The number of nitrogens with zero attached hydrogens (tertiary/aromatic N) is 3. The maximum atomic E-state index is 15.1. The van der Waals surface area contributed by atoms with Crippen LogP contribution in [0.3, 0.4) is 0 Å². The minimum atomic E-state index is -2.93. The van der Waals surface area contributed by atoms with Crippen LogP contribution in [0.1, 0.15) is 24.5 Å². The number of nitrogens with one attached hydrogen (secondary N) is 3. The third-order valence-electron chi connectivity index (χ3n) is 6.51. The lowest BCUT2D eigenvalue weighted by atomic mass is 10.1. The number of rotatable bonds is 8. The quantitative estimate of drug-likeness (QED) is 0.269. The average Bonchev–Trinajstić information content (AvgIpc) is 2.90. The Morgan fingerprint density at radius 2 is 1.90 bits per heavy atom. The number of halogens is 3. The fourth-order valence-corrected chi connectivity index (χ4v) is 5.97. The van der Waals surface area contributed by atoms with E-state index in [4.69, 9.17) is 0 Å². The van der Waals surface area contributed by atoms with E-state index in [2.05, 4.69) is 36.2 Å². The summed E-state index contributed by atoms with van der Waals surface area (Å²) >= 11 is 0. The molecule has 1 aliphatic heterocycles. The fraction of sp³-hybridized carbons (Fsp3) is 0.286. The highest BCUT2D eigenvalue weighted by molar-refractivity contribution is 8.00. The van der Waals surface area contributed by atoms with Gasteiger partial charge in [0, 0.05) is 40.8 Å². The Labute approximate surface area is 225 Å². The van der Waals surface area contributed by atoms with Crippen molar-refractivity contribution in [3.63, 3.8) is 0 Å². The molecule has 3 N–H and O–H groups in total. The zero-order chi connectivity index (χ0) is 27.6. The third-order valence-corrected chi connectivity index (χ3v) is 7.90. The maximum Gasteiger partial charge on any atom is 0.223 e. The fourth-order valence-electron chi connectivity index (χ4n) is 4.60. The topological polar surface area (TPSA) is 91.8 Å². The summed E-state index contributed by atoms with van der Waals surface area (Å²) < 4.78 is 57.7. The SMILES string of the molecule is C=S(=O)(Cc1ccc(F)cc1)Nc1ccc(-c2cc(CC)c3nc(N[C@@H]4CNC[C@@H](F)C4)ncc3n2)cc1F. The predicted octanol–water partition coefficient (Wildman–Crippen LogP) is 4.89. The number of fused-ring (bicyclic) bond motifs is 1. The van der Waals surface area contributed by atoms with Gasteiger partial charge in [-0.2, -0.15) is 0 Å². The molecule has 2 aromatic carbocycles. The molecule has 0 bridgehead atoms. The first-order valence-electron chi connectivity index (χ1n) is 12.6. The van der Waals surface area contributed by atoms with Crippen molar-refractivity contribution in [2.75, 3.05) is 23.1 Å². The minimum Gasteiger partial charge on any atom is -0.350 e. The van der Waals surface area contributed by atoms with Gasteiger partial charge >= 0.3 is 0 Å². The second kappa shape index (κ2) is 11.2. The summed E-state index contributed by atoms with van der Waals surface area (Å²) in [7, 11) is -2.93. The molecule has 5 rings (SSSR count). The van der Waals surface area contributed by atoms with Crippen LogP contribution in [0.2, 0.25) is 0 Å². The van der Waals surface area contributed by atoms with E-state index in [1.54, 1.807) is 12.3 Å². The maximum absolute atomic E-state index is 15.1. The van der Waals surface area contributed by atoms with E-state index in [9.17, 15) is 13.0 Å². The number of pyridine rings is 1. The molecule has 0 radical (unpaired) electrons. The standard InChI is InChI=1S/C28H29F3N6OS/c1-3-18-11-25(35-26-15-33-28(36-27(18)26)34-22-12-21(30)13-32-14-22)19-6-9-24(23(31)10-19)37-39(2,38)16-17-4-7-20(29)8-5-17/h4-11,15,21-22,32H,2-3,12-14,16H2,1H3,(H,37,38)(H,33,34,36)/t21-,22-,39?/m0/s1. The van der Waals surface area contributed by atoms with Crippen molar-refractivity contribution in [3.05, 3.63) is 77.5 Å². The van der Waals surface area contributed by atoms with Crippen LogP contribution in [0.25, 0.3) is 22.3 Å². The zero-order valence-electron chi connectivity index (χ0n) is 21.4. The summed E-state index contributed by atoms with van der Waals surface area (Å²) in [6.07, 6.45) is 1.74. The Morgan fingerprint density at radius 1 is 1.10 bits per heavy atom. The highest BCUT2D eigenvalue weighted by Gasteiger charge is 2.22. The van der Waals surface area contributed by atoms with Gasteiger partial charge < -0.3 is 15.4 Å². The summed E-state index contributed by atoms with van der Waals surface area (Å²) in [5.41, 5.74) is 3.90. The van der Waals surface area contributed by atoms with Crippen molar-refractivity contribution in [2.45, 2.75) is 37.7 Å². The summed E-state index contributed by atoms with van der Waals surface area (Å²) in [5, 5.41) is 6.25. The first-order valence-corrected chi connectivity index (χ1v) is 14.5. The summed E-state index contributed by atoms with van der Waals surface area (Å²) in [5.74, 6) is 3.14. The lowest BCUT2D eigenvalue weighted by Gasteiger charge is -2.26. The molecule has 1 saturated heterocycles.